The van der Waals surface area contributed by atoms with Gasteiger partial charge >= 0.3 is 0 Å². The van der Waals surface area contributed by atoms with Crippen LogP contribution in [0.25, 0.3) is 11.3 Å². The molecule has 0 saturated heterocycles. The smallest absolute Gasteiger partial charge is 0.226 e. The summed E-state index contributed by atoms with van der Waals surface area (Å²) in [6.45, 7) is 0.277. The topological polar surface area (TPSA) is 89.9 Å². The fraction of sp³-hybridized carbons (Fsp3) is 0.250. The van der Waals surface area contributed by atoms with Crippen LogP contribution in [-0.4, -0.2) is 43.4 Å². The Morgan fingerprint density at radius 3 is 2.58 bits per heavy atom. The Labute approximate surface area is 181 Å². The SMILES string of the molecule is COc1ccc(CCOc2cccc(-c3cccc(NC(=O)CCO)c3)n2)cc1OC. The molecule has 0 saturated carbocycles. The average Bonchev–Trinajstić information content (AvgIpc) is 2.79. The molecular formula is C24H26N2O5. The van der Waals surface area contributed by atoms with Gasteiger partial charge in [-0.25, -0.2) is 4.98 Å². The number of methoxy groups -OCH3 is 2. The molecule has 3 aromatic rings. The molecule has 0 fully saturated rings. The van der Waals surface area contributed by atoms with Crippen molar-refractivity contribution in [3.63, 3.8) is 0 Å². The third-order valence-corrected chi connectivity index (χ3v) is 4.59. The van der Waals surface area contributed by atoms with Crippen LogP contribution in [0.1, 0.15) is 12.0 Å². The molecule has 0 aliphatic heterocycles. The molecule has 31 heavy (non-hydrogen) atoms. The summed E-state index contributed by atoms with van der Waals surface area (Å²) in [5, 5.41) is 11.6. The van der Waals surface area contributed by atoms with Gasteiger partial charge in [-0.2, -0.15) is 0 Å². The first-order chi connectivity index (χ1) is 15.1. The number of aromatic nitrogens is 1. The van der Waals surface area contributed by atoms with E-state index in [4.69, 9.17) is 19.3 Å². The van der Waals surface area contributed by atoms with Crippen LogP contribution in [-0.2, 0) is 11.2 Å². The molecule has 1 amide bonds. The second-order valence-electron chi connectivity index (χ2n) is 6.75. The molecule has 0 radical (unpaired) electrons. The molecule has 0 atom stereocenters. The highest BCUT2D eigenvalue weighted by Gasteiger charge is 2.07. The summed E-state index contributed by atoms with van der Waals surface area (Å²) < 4.78 is 16.4. The number of nitrogens with one attached hydrogen (secondary N) is 1. The van der Waals surface area contributed by atoms with Crippen LogP contribution < -0.4 is 19.5 Å². The minimum absolute atomic E-state index is 0.0614. The van der Waals surface area contributed by atoms with Gasteiger partial charge in [0.15, 0.2) is 11.5 Å². The van der Waals surface area contributed by atoms with Crippen LogP contribution in [0.15, 0.2) is 60.7 Å². The van der Waals surface area contributed by atoms with E-state index >= 15 is 0 Å². The van der Waals surface area contributed by atoms with Gasteiger partial charge in [-0.3, -0.25) is 4.79 Å². The van der Waals surface area contributed by atoms with E-state index in [1.807, 2.05) is 54.6 Å². The first-order valence-electron chi connectivity index (χ1n) is 9.95. The van der Waals surface area contributed by atoms with Crippen LogP contribution in [0, 0.1) is 0 Å². The monoisotopic (exact) mass is 422 g/mol. The van der Waals surface area contributed by atoms with E-state index in [0.717, 1.165) is 16.8 Å². The van der Waals surface area contributed by atoms with Crippen molar-refractivity contribution in [1.82, 2.24) is 4.98 Å². The van der Waals surface area contributed by atoms with Crippen LogP contribution >= 0.6 is 0 Å². The van der Waals surface area contributed by atoms with Gasteiger partial charge in [0.1, 0.15) is 0 Å². The maximum absolute atomic E-state index is 11.7. The van der Waals surface area contributed by atoms with Gasteiger partial charge in [-0.05, 0) is 35.9 Å². The molecule has 1 aromatic heterocycles. The van der Waals surface area contributed by atoms with E-state index in [0.29, 0.717) is 36.1 Å². The highest BCUT2D eigenvalue weighted by molar-refractivity contribution is 5.91. The minimum atomic E-state index is -0.236. The molecule has 0 bridgehead atoms. The van der Waals surface area contributed by atoms with Gasteiger partial charge < -0.3 is 24.6 Å². The summed E-state index contributed by atoms with van der Waals surface area (Å²) in [6.07, 6.45) is 0.754. The van der Waals surface area contributed by atoms with Gasteiger partial charge in [-0.1, -0.05) is 24.3 Å². The molecule has 1 heterocycles. The van der Waals surface area contributed by atoms with Gasteiger partial charge in [0.05, 0.1) is 39.5 Å². The lowest BCUT2D eigenvalue weighted by atomic mass is 10.1. The van der Waals surface area contributed by atoms with Gasteiger partial charge in [-0.15, -0.1) is 0 Å². The van der Waals surface area contributed by atoms with Crippen LogP contribution in [0.2, 0.25) is 0 Å². The number of aliphatic hydroxyl groups excluding tert-OH is 1. The third-order valence-electron chi connectivity index (χ3n) is 4.59. The number of anilines is 1. The molecule has 162 valence electrons. The van der Waals surface area contributed by atoms with Crippen molar-refractivity contribution in [2.24, 2.45) is 0 Å². The first-order valence-corrected chi connectivity index (χ1v) is 9.95. The molecule has 2 N–H and O–H groups in total. The Hall–Kier alpha value is -3.58. The summed E-state index contributed by atoms with van der Waals surface area (Å²) >= 11 is 0. The number of hydrogen-bond donors (Lipinski definition) is 2. The lowest BCUT2D eigenvalue weighted by Gasteiger charge is -2.11. The number of pyridine rings is 1. The van der Waals surface area contributed by atoms with E-state index in [9.17, 15) is 4.79 Å². The van der Waals surface area contributed by atoms with E-state index in [1.54, 1.807) is 20.3 Å². The first kappa shape index (κ1) is 22.1. The van der Waals surface area contributed by atoms with E-state index in [2.05, 4.69) is 10.3 Å². The predicted octanol–water partition coefficient (Wildman–Crippen LogP) is 3.71. The Kier molecular flexibility index (Phi) is 7.84. The van der Waals surface area contributed by atoms with Crippen molar-refractivity contribution >= 4 is 11.6 Å². The van der Waals surface area contributed by atoms with Crippen LogP contribution in [0.4, 0.5) is 5.69 Å². The molecule has 7 nitrogen and oxygen atoms in total. The normalized spacial score (nSPS) is 10.4. The number of rotatable bonds is 10. The number of carbonyl (C=O) groups is 1. The number of benzene rings is 2. The van der Waals surface area contributed by atoms with Crippen molar-refractivity contribution in [1.29, 1.82) is 0 Å². The van der Waals surface area contributed by atoms with Gasteiger partial charge in [0.25, 0.3) is 0 Å². The largest absolute Gasteiger partial charge is 0.493 e. The van der Waals surface area contributed by atoms with Gasteiger partial charge in [0, 0.05) is 23.7 Å². The number of aliphatic hydroxyl groups is 1. The molecule has 0 unspecified atom stereocenters. The maximum Gasteiger partial charge on any atom is 0.226 e. The summed E-state index contributed by atoms with van der Waals surface area (Å²) in [5.41, 5.74) is 3.31. The zero-order valence-corrected chi connectivity index (χ0v) is 17.6. The van der Waals surface area contributed by atoms with Crippen molar-refractivity contribution in [2.45, 2.75) is 12.8 Å². The second kappa shape index (κ2) is 11.0. The van der Waals surface area contributed by atoms with E-state index < -0.39 is 0 Å². The van der Waals surface area contributed by atoms with Crippen molar-refractivity contribution in [3.05, 3.63) is 66.2 Å². The number of hydrogen-bond acceptors (Lipinski definition) is 6. The highest BCUT2D eigenvalue weighted by Crippen LogP contribution is 2.28. The molecule has 7 heteroatoms. The lowest BCUT2D eigenvalue weighted by molar-refractivity contribution is -0.116. The number of ether oxygens (including phenoxy) is 3. The predicted molar refractivity (Wildman–Crippen MR) is 119 cm³/mol. The Morgan fingerprint density at radius 1 is 1.00 bits per heavy atom. The van der Waals surface area contributed by atoms with Crippen molar-refractivity contribution in [3.8, 4) is 28.6 Å². The quantitative estimate of drug-likeness (QED) is 0.518. The average molecular weight is 422 g/mol. The number of amides is 1. The second-order valence-corrected chi connectivity index (χ2v) is 6.75. The summed E-state index contributed by atoms with van der Waals surface area (Å²) in [5.74, 6) is 1.66. The third kappa shape index (κ3) is 6.20. The molecule has 0 spiro atoms. The standard InChI is InChI=1S/C24H26N2O5/c1-29-21-10-9-17(15-22(21)30-2)12-14-31-24-8-4-7-20(26-24)18-5-3-6-19(16-18)25-23(28)11-13-27/h3-10,15-16,27H,11-14H2,1-2H3,(H,25,28). The number of carbonyl (C=O) groups excluding carboxylic acids is 1. The van der Waals surface area contributed by atoms with Crippen molar-refractivity contribution in [2.75, 3.05) is 32.8 Å². The molecule has 2 aromatic carbocycles. The summed E-state index contributed by atoms with van der Waals surface area (Å²) in [4.78, 5) is 16.3. The molecule has 3 rings (SSSR count). The van der Waals surface area contributed by atoms with Crippen molar-refractivity contribution < 1.29 is 24.1 Å². The highest BCUT2D eigenvalue weighted by atomic mass is 16.5. The van der Waals surface area contributed by atoms with Crippen LogP contribution in [0.5, 0.6) is 17.4 Å². The van der Waals surface area contributed by atoms with E-state index in [-0.39, 0.29) is 18.9 Å². The Bertz CT molecular complexity index is 1020. The minimum Gasteiger partial charge on any atom is -0.493 e. The zero-order valence-electron chi connectivity index (χ0n) is 17.6. The maximum atomic E-state index is 11.7. The molecular weight excluding hydrogens is 396 g/mol. The summed E-state index contributed by atoms with van der Waals surface area (Å²) in [6, 6.07) is 18.7. The summed E-state index contributed by atoms with van der Waals surface area (Å²) in [7, 11) is 3.22. The van der Waals surface area contributed by atoms with Gasteiger partial charge in [0.2, 0.25) is 11.8 Å². The zero-order chi connectivity index (χ0) is 22.1. The fourth-order valence-electron chi connectivity index (χ4n) is 3.05. The Balaban J connectivity index is 1.64. The fourth-order valence-corrected chi connectivity index (χ4v) is 3.05. The lowest BCUT2D eigenvalue weighted by Crippen LogP contribution is -2.12. The number of nitrogens with zero attached hydrogens (tertiary/aromatic N) is 1. The molecule has 0 aliphatic carbocycles. The molecule has 0 aliphatic rings. The van der Waals surface area contributed by atoms with E-state index in [1.165, 1.54) is 0 Å². The van der Waals surface area contributed by atoms with Crippen LogP contribution in [0.3, 0.4) is 0 Å². The Morgan fingerprint density at radius 2 is 1.81 bits per heavy atom.